The van der Waals surface area contributed by atoms with Gasteiger partial charge in [-0.3, -0.25) is 9.78 Å². The Bertz CT molecular complexity index is 1320. The van der Waals surface area contributed by atoms with E-state index in [9.17, 15) is 4.79 Å². The van der Waals surface area contributed by atoms with Crippen molar-refractivity contribution in [3.05, 3.63) is 77.5 Å². The highest BCUT2D eigenvalue weighted by Crippen LogP contribution is 2.29. The van der Waals surface area contributed by atoms with Crippen molar-refractivity contribution in [2.75, 3.05) is 12.4 Å². The summed E-state index contributed by atoms with van der Waals surface area (Å²) in [7, 11) is 0. The molecule has 0 atom stereocenters. The van der Waals surface area contributed by atoms with Gasteiger partial charge in [-0.05, 0) is 49.2 Å². The minimum absolute atomic E-state index is 0.167. The minimum Gasteiger partial charge on any atom is -0.493 e. The Kier molecular flexibility index (Phi) is 6.71. The largest absolute Gasteiger partial charge is 0.493 e. The fourth-order valence-electron chi connectivity index (χ4n) is 3.64. The Balaban J connectivity index is 1.48. The number of carbonyl (C=O) groups is 1. The Labute approximate surface area is 191 Å². The first kappa shape index (κ1) is 21.8. The fraction of sp³-hybridized carbons (Fsp3) is 0.192. The van der Waals surface area contributed by atoms with Crippen LogP contribution in [0.15, 0.2) is 70.7 Å². The maximum absolute atomic E-state index is 12.5. The van der Waals surface area contributed by atoms with Gasteiger partial charge in [0, 0.05) is 21.5 Å². The molecule has 3 aromatic carbocycles. The van der Waals surface area contributed by atoms with Gasteiger partial charge in [-0.15, -0.1) is 11.8 Å². The highest BCUT2D eigenvalue weighted by molar-refractivity contribution is 8.00. The summed E-state index contributed by atoms with van der Waals surface area (Å²) in [5.74, 6) is 0.838. The van der Waals surface area contributed by atoms with Gasteiger partial charge < -0.3 is 4.74 Å². The van der Waals surface area contributed by atoms with Crippen molar-refractivity contribution in [2.24, 2.45) is 5.10 Å². The quantitative estimate of drug-likeness (QED) is 0.228. The van der Waals surface area contributed by atoms with Crippen molar-refractivity contribution in [2.45, 2.75) is 25.7 Å². The van der Waals surface area contributed by atoms with Crippen molar-refractivity contribution in [1.82, 2.24) is 10.4 Å². The number of aryl methyl sites for hydroxylation is 2. The molecule has 162 valence electrons. The van der Waals surface area contributed by atoms with Crippen molar-refractivity contribution in [1.29, 1.82) is 0 Å². The lowest BCUT2D eigenvalue weighted by Crippen LogP contribution is -2.19. The lowest BCUT2D eigenvalue weighted by molar-refractivity contribution is -0.118. The predicted octanol–water partition coefficient (Wildman–Crippen LogP) is 5.65. The van der Waals surface area contributed by atoms with Crippen LogP contribution < -0.4 is 10.2 Å². The number of nitrogens with one attached hydrogen (secondary N) is 1. The van der Waals surface area contributed by atoms with Gasteiger partial charge in [0.2, 0.25) is 5.91 Å². The van der Waals surface area contributed by atoms with E-state index in [0.717, 1.165) is 49.1 Å². The zero-order valence-corrected chi connectivity index (χ0v) is 19.2. The summed E-state index contributed by atoms with van der Waals surface area (Å²) in [6, 6.07) is 20.1. The smallest absolute Gasteiger partial charge is 0.250 e. The van der Waals surface area contributed by atoms with Crippen LogP contribution in [0.5, 0.6) is 5.75 Å². The molecule has 6 heteroatoms. The molecular formula is C26H25N3O2S. The second-order valence-corrected chi connectivity index (χ2v) is 8.46. The number of hydrogen-bond acceptors (Lipinski definition) is 5. The molecule has 0 saturated heterocycles. The second-order valence-electron chi connectivity index (χ2n) is 7.45. The van der Waals surface area contributed by atoms with Crippen LogP contribution in [0.25, 0.3) is 21.7 Å². The molecule has 0 unspecified atom stereocenters. The molecule has 0 bridgehead atoms. The molecule has 4 aromatic rings. The summed E-state index contributed by atoms with van der Waals surface area (Å²) in [5, 5.41) is 7.39. The molecule has 1 amide bonds. The van der Waals surface area contributed by atoms with Gasteiger partial charge in [0.1, 0.15) is 5.75 Å². The van der Waals surface area contributed by atoms with Crippen molar-refractivity contribution >= 4 is 45.6 Å². The van der Waals surface area contributed by atoms with E-state index in [1.165, 1.54) is 11.8 Å². The third-order valence-electron chi connectivity index (χ3n) is 5.10. The Morgan fingerprint density at radius 2 is 1.91 bits per heavy atom. The van der Waals surface area contributed by atoms with Crippen molar-refractivity contribution < 1.29 is 9.53 Å². The molecule has 5 nitrogen and oxygen atoms in total. The molecule has 0 fully saturated rings. The summed E-state index contributed by atoms with van der Waals surface area (Å²) in [6.07, 6.45) is 1.66. The summed E-state index contributed by atoms with van der Waals surface area (Å²) in [6.45, 7) is 6.52. The summed E-state index contributed by atoms with van der Waals surface area (Å²) in [5.41, 5.74) is 6.54. The molecule has 0 aliphatic rings. The molecule has 32 heavy (non-hydrogen) atoms. The van der Waals surface area contributed by atoms with E-state index in [0.29, 0.717) is 6.61 Å². The summed E-state index contributed by atoms with van der Waals surface area (Å²) >= 11 is 1.49. The zero-order valence-electron chi connectivity index (χ0n) is 18.4. The van der Waals surface area contributed by atoms with Gasteiger partial charge in [0.15, 0.2) is 0 Å². The Morgan fingerprint density at radius 1 is 1.09 bits per heavy atom. The molecule has 0 spiro atoms. The van der Waals surface area contributed by atoms with Gasteiger partial charge >= 0.3 is 0 Å². The lowest BCUT2D eigenvalue weighted by Gasteiger charge is -2.10. The van der Waals surface area contributed by atoms with E-state index in [2.05, 4.69) is 28.5 Å². The average molecular weight is 444 g/mol. The number of carbonyl (C=O) groups excluding carboxylic acids is 1. The van der Waals surface area contributed by atoms with E-state index in [4.69, 9.17) is 4.74 Å². The van der Waals surface area contributed by atoms with Gasteiger partial charge in [-0.1, -0.05) is 48.5 Å². The topological polar surface area (TPSA) is 63.6 Å². The van der Waals surface area contributed by atoms with E-state index >= 15 is 0 Å². The molecule has 0 aliphatic carbocycles. The van der Waals surface area contributed by atoms with Gasteiger partial charge in [-0.2, -0.15) is 5.10 Å². The highest BCUT2D eigenvalue weighted by Gasteiger charge is 2.10. The molecule has 1 heterocycles. The van der Waals surface area contributed by atoms with Gasteiger partial charge in [0.25, 0.3) is 0 Å². The number of ether oxygens (including phenoxy) is 1. The molecular weight excluding hydrogens is 418 g/mol. The second kappa shape index (κ2) is 9.83. The van der Waals surface area contributed by atoms with Crippen LogP contribution in [0, 0.1) is 13.8 Å². The number of hydrogen-bond donors (Lipinski definition) is 1. The van der Waals surface area contributed by atoms with Crippen LogP contribution >= 0.6 is 11.8 Å². The average Bonchev–Trinajstić information content (AvgIpc) is 2.79. The maximum atomic E-state index is 12.5. The van der Waals surface area contributed by atoms with Crippen LogP contribution in [-0.2, 0) is 4.79 Å². The molecule has 0 saturated carbocycles. The van der Waals surface area contributed by atoms with Gasteiger partial charge in [0.05, 0.1) is 24.1 Å². The third-order valence-corrected chi connectivity index (χ3v) is 6.16. The normalized spacial score (nSPS) is 11.3. The standard InChI is InChI=1S/C26H25N3O2S/c1-4-31-23-13-12-19-9-5-6-10-20(19)22(23)15-27-29-25(30)16-32-24-14-18(3)28-26-17(2)8-7-11-21(24)26/h5-15H,4,16H2,1-3H3,(H,29,30)/b27-15+. The van der Waals surface area contributed by atoms with Crippen molar-refractivity contribution in [3.8, 4) is 5.75 Å². The lowest BCUT2D eigenvalue weighted by atomic mass is 10.0. The number of hydrazone groups is 1. The zero-order chi connectivity index (χ0) is 22.5. The van der Waals surface area contributed by atoms with Crippen LogP contribution in [0.1, 0.15) is 23.7 Å². The molecule has 1 aromatic heterocycles. The molecule has 1 N–H and O–H groups in total. The van der Waals surface area contributed by atoms with Crippen LogP contribution in [0.2, 0.25) is 0 Å². The van der Waals surface area contributed by atoms with Crippen LogP contribution in [-0.4, -0.2) is 29.5 Å². The maximum Gasteiger partial charge on any atom is 0.250 e. The number of aromatic nitrogens is 1. The number of amides is 1. The number of thioether (sulfide) groups is 1. The Morgan fingerprint density at radius 3 is 2.75 bits per heavy atom. The number of fused-ring (bicyclic) bond motifs is 2. The van der Waals surface area contributed by atoms with Crippen LogP contribution in [0.3, 0.4) is 0 Å². The van der Waals surface area contributed by atoms with E-state index in [1.54, 1.807) is 6.21 Å². The Hall–Kier alpha value is -3.38. The van der Waals surface area contributed by atoms with E-state index in [1.807, 2.05) is 68.4 Å². The predicted molar refractivity (Wildman–Crippen MR) is 133 cm³/mol. The molecule has 4 rings (SSSR count). The highest BCUT2D eigenvalue weighted by atomic mass is 32.2. The minimum atomic E-state index is -0.167. The first-order chi connectivity index (χ1) is 15.6. The third kappa shape index (κ3) is 4.75. The SMILES string of the molecule is CCOc1ccc2ccccc2c1/C=N/NC(=O)CSc1cc(C)nc2c(C)cccc12. The number of pyridine rings is 1. The summed E-state index contributed by atoms with van der Waals surface area (Å²) < 4.78 is 5.76. The first-order valence-electron chi connectivity index (χ1n) is 10.5. The van der Waals surface area contributed by atoms with Gasteiger partial charge in [-0.25, -0.2) is 5.43 Å². The number of rotatable bonds is 7. The monoisotopic (exact) mass is 443 g/mol. The fourth-order valence-corrected chi connectivity index (χ4v) is 4.56. The molecule has 0 radical (unpaired) electrons. The molecule has 0 aliphatic heterocycles. The first-order valence-corrected chi connectivity index (χ1v) is 11.5. The number of benzene rings is 3. The summed E-state index contributed by atoms with van der Waals surface area (Å²) in [4.78, 5) is 18.2. The number of para-hydroxylation sites is 1. The van der Waals surface area contributed by atoms with Crippen molar-refractivity contribution in [3.63, 3.8) is 0 Å². The van der Waals surface area contributed by atoms with Crippen LogP contribution in [0.4, 0.5) is 0 Å². The number of nitrogens with zero attached hydrogens (tertiary/aromatic N) is 2. The van der Waals surface area contributed by atoms with E-state index in [-0.39, 0.29) is 11.7 Å². The van der Waals surface area contributed by atoms with E-state index < -0.39 is 0 Å².